The SMILES string of the molecule is CC.CCCC1C(C)CCCCN1N. The summed E-state index contributed by atoms with van der Waals surface area (Å²) in [6.07, 6.45) is 6.51. The molecule has 0 amide bonds. The van der Waals surface area contributed by atoms with Crippen molar-refractivity contribution < 1.29 is 0 Å². The van der Waals surface area contributed by atoms with Gasteiger partial charge < -0.3 is 0 Å². The van der Waals surface area contributed by atoms with Crippen molar-refractivity contribution in [2.24, 2.45) is 11.8 Å². The molecule has 0 radical (unpaired) electrons. The van der Waals surface area contributed by atoms with Crippen molar-refractivity contribution in [1.82, 2.24) is 5.01 Å². The van der Waals surface area contributed by atoms with Crippen molar-refractivity contribution >= 4 is 0 Å². The molecule has 2 heteroatoms. The lowest BCUT2D eigenvalue weighted by atomic mass is 9.94. The molecule has 2 nitrogen and oxygen atoms in total. The van der Waals surface area contributed by atoms with Crippen LogP contribution in [0.4, 0.5) is 0 Å². The van der Waals surface area contributed by atoms with Crippen LogP contribution >= 0.6 is 0 Å². The first-order valence-electron chi connectivity index (χ1n) is 6.27. The highest BCUT2D eigenvalue weighted by atomic mass is 15.4. The second-order valence-electron chi connectivity index (χ2n) is 4.07. The molecule has 1 saturated heterocycles. The molecule has 86 valence electrons. The van der Waals surface area contributed by atoms with E-state index in [0.717, 1.165) is 12.5 Å². The lowest BCUT2D eigenvalue weighted by Gasteiger charge is -2.29. The Morgan fingerprint density at radius 3 is 2.50 bits per heavy atom. The first-order chi connectivity index (χ1) is 6.75. The molecule has 0 aromatic rings. The molecular weight excluding hydrogens is 172 g/mol. The number of rotatable bonds is 2. The molecule has 1 aliphatic heterocycles. The van der Waals surface area contributed by atoms with Crippen molar-refractivity contribution in [3.05, 3.63) is 0 Å². The summed E-state index contributed by atoms with van der Waals surface area (Å²) in [5.41, 5.74) is 0. The van der Waals surface area contributed by atoms with Gasteiger partial charge in [0.1, 0.15) is 0 Å². The second kappa shape index (κ2) is 8.25. The van der Waals surface area contributed by atoms with Crippen LogP contribution in [0.1, 0.15) is 59.8 Å². The van der Waals surface area contributed by atoms with Gasteiger partial charge in [0, 0.05) is 12.6 Å². The lowest BCUT2D eigenvalue weighted by Crippen LogP contribution is -2.43. The molecule has 2 unspecified atom stereocenters. The van der Waals surface area contributed by atoms with E-state index < -0.39 is 0 Å². The van der Waals surface area contributed by atoms with Crippen LogP contribution < -0.4 is 5.84 Å². The van der Waals surface area contributed by atoms with Gasteiger partial charge in [0.05, 0.1) is 0 Å². The average molecular weight is 200 g/mol. The zero-order valence-electron chi connectivity index (χ0n) is 10.4. The highest BCUT2D eigenvalue weighted by molar-refractivity contribution is 4.76. The standard InChI is InChI=1S/C10H22N2.C2H6/c1-3-6-10-9(2)7-4-5-8-12(10)11;1-2/h9-10H,3-8,11H2,1-2H3;1-2H3. The molecule has 1 rings (SSSR count). The highest BCUT2D eigenvalue weighted by Crippen LogP contribution is 2.23. The maximum Gasteiger partial charge on any atom is 0.0266 e. The average Bonchev–Trinajstić information content (AvgIpc) is 2.36. The van der Waals surface area contributed by atoms with Crippen LogP contribution in [0.5, 0.6) is 0 Å². The summed E-state index contributed by atoms with van der Waals surface area (Å²) in [5, 5.41) is 2.07. The summed E-state index contributed by atoms with van der Waals surface area (Å²) in [6, 6.07) is 0.637. The van der Waals surface area contributed by atoms with Crippen molar-refractivity contribution in [3.63, 3.8) is 0 Å². The molecule has 14 heavy (non-hydrogen) atoms. The minimum Gasteiger partial charge on any atom is -0.269 e. The Bertz CT molecular complexity index is 113. The molecule has 0 aromatic carbocycles. The summed E-state index contributed by atoms with van der Waals surface area (Å²) in [7, 11) is 0. The molecule has 0 aliphatic carbocycles. The number of hydrazine groups is 1. The molecule has 1 fully saturated rings. The van der Waals surface area contributed by atoms with Crippen molar-refractivity contribution in [3.8, 4) is 0 Å². The highest BCUT2D eigenvalue weighted by Gasteiger charge is 2.23. The van der Waals surface area contributed by atoms with Crippen LogP contribution in [0, 0.1) is 5.92 Å². The molecule has 0 bridgehead atoms. The molecule has 2 atom stereocenters. The number of hydrogen-bond donors (Lipinski definition) is 1. The summed E-state index contributed by atoms with van der Waals surface area (Å²) in [4.78, 5) is 0. The van der Waals surface area contributed by atoms with Crippen LogP contribution in [-0.2, 0) is 0 Å². The van der Waals surface area contributed by atoms with Crippen LogP contribution in [-0.4, -0.2) is 17.6 Å². The molecule has 0 saturated carbocycles. The first kappa shape index (κ1) is 13.9. The van der Waals surface area contributed by atoms with Gasteiger partial charge in [-0.2, -0.15) is 0 Å². The van der Waals surface area contributed by atoms with E-state index in [0.29, 0.717) is 6.04 Å². The van der Waals surface area contributed by atoms with Gasteiger partial charge in [0.2, 0.25) is 0 Å². The minimum atomic E-state index is 0.637. The quantitative estimate of drug-likeness (QED) is 0.694. The summed E-state index contributed by atoms with van der Waals surface area (Å²) < 4.78 is 0. The smallest absolute Gasteiger partial charge is 0.0266 e. The van der Waals surface area contributed by atoms with Crippen molar-refractivity contribution in [2.75, 3.05) is 6.54 Å². The molecule has 1 aliphatic rings. The van der Waals surface area contributed by atoms with Gasteiger partial charge >= 0.3 is 0 Å². The third kappa shape index (κ3) is 4.43. The van der Waals surface area contributed by atoms with Gasteiger partial charge in [-0.3, -0.25) is 5.84 Å². The monoisotopic (exact) mass is 200 g/mol. The third-order valence-corrected chi connectivity index (χ3v) is 2.99. The Balaban J connectivity index is 0.000000791. The normalized spacial score (nSPS) is 28.9. The van der Waals surface area contributed by atoms with Gasteiger partial charge in [-0.25, -0.2) is 5.01 Å². The fraction of sp³-hybridized carbons (Fsp3) is 1.00. The van der Waals surface area contributed by atoms with Crippen LogP contribution in [0.25, 0.3) is 0 Å². The van der Waals surface area contributed by atoms with E-state index in [1.807, 2.05) is 13.8 Å². The van der Waals surface area contributed by atoms with Gasteiger partial charge in [-0.05, 0) is 25.2 Å². The van der Waals surface area contributed by atoms with Crippen molar-refractivity contribution in [1.29, 1.82) is 0 Å². The molecule has 1 heterocycles. The van der Waals surface area contributed by atoms with E-state index in [1.54, 1.807) is 0 Å². The van der Waals surface area contributed by atoms with Gasteiger partial charge in [-0.1, -0.05) is 40.5 Å². The number of nitrogens with two attached hydrogens (primary N) is 1. The molecule has 0 aromatic heterocycles. The zero-order chi connectivity index (χ0) is 11.0. The van der Waals surface area contributed by atoms with E-state index in [1.165, 1.54) is 32.1 Å². The summed E-state index contributed by atoms with van der Waals surface area (Å²) in [5.74, 6) is 6.78. The number of nitrogens with zero attached hydrogens (tertiary/aromatic N) is 1. The van der Waals surface area contributed by atoms with Gasteiger partial charge in [0.15, 0.2) is 0 Å². The van der Waals surface area contributed by atoms with Crippen LogP contribution in [0.3, 0.4) is 0 Å². The Morgan fingerprint density at radius 1 is 1.29 bits per heavy atom. The van der Waals surface area contributed by atoms with Gasteiger partial charge in [0.25, 0.3) is 0 Å². The van der Waals surface area contributed by atoms with E-state index in [2.05, 4.69) is 18.9 Å². The number of hydrogen-bond acceptors (Lipinski definition) is 2. The Morgan fingerprint density at radius 2 is 1.93 bits per heavy atom. The fourth-order valence-electron chi connectivity index (χ4n) is 2.19. The van der Waals surface area contributed by atoms with E-state index in [4.69, 9.17) is 5.84 Å². The topological polar surface area (TPSA) is 29.3 Å². The predicted molar refractivity (Wildman–Crippen MR) is 64.0 cm³/mol. The van der Waals surface area contributed by atoms with Crippen molar-refractivity contribution in [2.45, 2.75) is 65.8 Å². The summed E-state index contributed by atoms with van der Waals surface area (Å²) >= 11 is 0. The maximum atomic E-state index is 5.99. The van der Waals surface area contributed by atoms with Crippen LogP contribution in [0.15, 0.2) is 0 Å². The Kier molecular flexibility index (Phi) is 8.20. The maximum absolute atomic E-state index is 5.99. The molecule has 0 spiro atoms. The molecule has 2 N–H and O–H groups in total. The van der Waals surface area contributed by atoms with E-state index >= 15 is 0 Å². The fourth-order valence-corrected chi connectivity index (χ4v) is 2.19. The largest absolute Gasteiger partial charge is 0.269 e. The Labute approximate surface area is 89.8 Å². The van der Waals surface area contributed by atoms with Crippen LogP contribution in [0.2, 0.25) is 0 Å². The van der Waals surface area contributed by atoms with E-state index in [-0.39, 0.29) is 0 Å². The zero-order valence-corrected chi connectivity index (χ0v) is 10.4. The minimum absolute atomic E-state index is 0.637. The Hall–Kier alpha value is -0.0800. The lowest BCUT2D eigenvalue weighted by molar-refractivity contribution is 0.154. The second-order valence-corrected chi connectivity index (χ2v) is 4.07. The van der Waals surface area contributed by atoms with E-state index in [9.17, 15) is 0 Å². The molecular formula is C12H28N2. The van der Waals surface area contributed by atoms with Gasteiger partial charge in [-0.15, -0.1) is 0 Å². The predicted octanol–water partition coefficient (Wildman–Crippen LogP) is 3.18. The third-order valence-electron chi connectivity index (χ3n) is 2.99. The summed E-state index contributed by atoms with van der Waals surface area (Å²) in [6.45, 7) is 9.67. The first-order valence-corrected chi connectivity index (χ1v) is 6.27.